The fraction of sp³-hybridized carbons (Fsp3) is 0.500. The molecule has 9 heteroatoms. The fourth-order valence-electron chi connectivity index (χ4n) is 2.13. The van der Waals surface area contributed by atoms with Crippen molar-refractivity contribution in [2.24, 2.45) is 0 Å². The number of ether oxygens (including phenoxy) is 1. The van der Waals surface area contributed by atoms with Crippen LogP contribution in [0.1, 0.15) is 13.2 Å². The number of aliphatic hydroxyl groups is 2. The Morgan fingerprint density at radius 2 is 2.29 bits per heavy atom. The lowest BCUT2D eigenvalue weighted by molar-refractivity contribution is -0.0467. The fourth-order valence-corrected chi connectivity index (χ4v) is 2.52. The van der Waals surface area contributed by atoms with Crippen LogP contribution >= 0.6 is 11.6 Å². The van der Waals surface area contributed by atoms with Crippen LogP contribution in [0.2, 0.25) is 0 Å². The van der Waals surface area contributed by atoms with Gasteiger partial charge in [-0.2, -0.15) is 4.39 Å². The van der Waals surface area contributed by atoms with Crippen LogP contribution in [0.4, 0.5) is 4.39 Å². The minimum atomic E-state index is -1.77. The molecule has 0 bridgehead atoms. The first-order chi connectivity index (χ1) is 9.85. The van der Waals surface area contributed by atoms with Gasteiger partial charge >= 0.3 is 5.69 Å². The van der Waals surface area contributed by atoms with E-state index < -0.39 is 47.0 Å². The van der Waals surface area contributed by atoms with Gasteiger partial charge in [-0.05, 0) is 6.92 Å². The van der Waals surface area contributed by atoms with Gasteiger partial charge < -0.3 is 14.9 Å². The van der Waals surface area contributed by atoms with Crippen molar-refractivity contribution in [3.05, 3.63) is 32.9 Å². The third kappa shape index (κ3) is 2.49. The van der Waals surface area contributed by atoms with Crippen molar-refractivity contribution in [2.45, 2.75) is 30.2 Å². The molecule has 7 nitrogen and oxygen atoms in total. The molecule has 21 heavy (non-hydrogen) atoms. The number of halogens is 2. The SMILES string of the molecule is CC#C[C@@]1(Cl)C(O)[C@@H](CO)O[C@H]1n1cc(F)c(=O)[nH]c1=O. The van der Waals surface area contributed by atoms with Crippen LogP contribution in [0.25, 0.3) is 0 Å². The van der Waals surface area contributed by atoms with Crippen LogP contribution in [0.3, 0.4) is 0 Å². The van der Waals surface area contributed by atoms with E-state index in [0.29, 0.717) is 10.8 Å². The van der Waals surface area contributed by atoms with Gasteiger partial charge in [-0.15, -0.1) is 5.92 Å². The molecule has 3 N–H and O–H groups in total. The van der Waals surface area contributed by atoms with Gasteiger partial charge in [0, 0.05) is 0 Å². The number of aromatic amines is 1. The van der Waals surface area contributed by atoms with Gasteiger partial charge in [0.1, 0.15) is 12.2 Å². The summed E-state index contributed by atoms with van der Waals surface area (Å²) in [4.78, 5) is 22.8. The Bertz CT molecular complexity index is 721. The van der Waals surface area contributed by atoms with E-state index in [0.717, 1.165) is 0 Å². The van der Waals surface area contributed by atoms with E-state index in [9.17, 15) is 19.1 Å². The molecule has 2 rings (SSSR count). The molecule has 0 radical (unpaired) electrons. The highest BCUT2D eigenvalue weighted by Gasteiger charge is 2.55. The van der Waals surface area contributed by atoms with Crippen LogP contribution in [-0.2, 0) is 4.74 Å². The van der Waals surface area contributed by atoms with Gasteiger partial charge in [0.05, 0.1) is 12.8 Å². The Hall–Kier alpha value is -1.66. The molecule has 0 spiro atoms. The van der Waals surface area contributed by atoms with E-state index >= 15 is 0 Å². The minimum absolute atomic E-state index is 0.571. The van der Waals surface area contributed by atoms with E-state index in [-0.39, 0.29) is 0 Å². The second-order valence-electron chi connectivity index (χ2n) is 4.44. The van der Waals surface area contributed by atoms with E-state index in [4.69, 9.17) is 21.4 Å². The summed E-state index contributed by atoms with van der Waals surface area (Å²) < 4.78 is 19.4. The predicted molar refractivity (Wildman–Crippen MR) is 70.3 cm³/mol. The Kier molecular flexibility index (Phi) is 4.20. The lowest BCUT2D eigenvalue weighted by Crippen LogP contribution is -2.44. The number of aliphatic hydroxyl groups excluding tert-OH is 2. The summed E-state index contributed by atoms with van der Waals surface area (Å²) in [7, 11) is 0. The van der Waals surface area contributed by atoms with Gasteiger partial charge in [-0.25, -0.2) is 4.79 Å². The topological polar surface area (TPSA) is 105 Å². The summed E-state index contributed by atoms with van der Waals surface area (Å²) in [5.74, 6) is 3.77. The molecule has 0 saturated carbocycles. The summed E-state index contributed by atoms with van der Waals surface area (Å²) in [6, 6.07) is 0. The molecular weight excluding hydrogens is 307 g/mol. The van der Waals surface area contributed by atoms with Crippen molar-refractivity contribution in [1.29, 1.82) is 0 Å². The number of nitrogens with one attached hydrogen (secondary N) is 1. The largest absolute Gasteiger partial charge is 0.394 e. The summed E-state index contributed by atoms with van der Waals surface area (Å²) in [6.07, 6.45) is -3.27. The highest BCUT2D eigenvalue weighted by atomic mass is 35.5. The zero-order chi connectivity index (χ0) is 15.8. The van der Waals surface area contributed by atoms with Crippen LogP contribution in [0, 0.1) is 17.7 Å². The first kappa shape index (κ1) is 15.7. The Labute approximate surface area is 122 Å². The van der Waals surface area contributed by atoms with Gasteiger partial charge in [0.15, 0.2) is 11.1 Å². The highest BCUT2D eigenvalue weighted by Crippen LogP contribution is 2.42. The Morgan fingerprint density at radius 1 is 1.62 bits per heavy atom. The third-order valence-corrected chi connectivity index (χ3v) is 3.62. The van der Waals surface area contributed by atoms with E-state index in [2.05, 4.69) is 11.8 Å². The maximum atomic E-state index is 13.4. The molecule has 0 aromatic carbocycles. The van der Waals surface area contributed by atoms with Crippen LogP contribution in [0.15, 0.2) is 15.8 Å². The normalized spacial score (nSPS) is 31.8. The van der Waals surface area contributed by atoms with Crippen molar-refractivity contribution < 1.29 is 19.3 Å². The Morgan fingerprint density at radius 3 is 2.86 bits per heavy atom. The van der Waals surface area contributed by atoms with Gasteiger partial charge in [-0.3, -0.25) is 14.3 Å². The number of aromatic nitrogens is 2. The number of hydrogen-bond acceptors (Lipinski definition) is 5. The molecule has 1 unspecified atom stereocenters. The van der Waals surface area contributed by atoms with Crippen LogP contribution < -0.4 is 11.2 Å². The maximum Gasteiger partial charge on any atom is 0.330 e. The van der Waals surface area contributed by atoms with Gasteiger partial charge in [-0.1, -0.05) is 17.5 Å². The molecule has 1 aromatic rings. The standard InChI is InChI=1S/C12H12ClFN2O5/c1-2-3-12(13)8(18)7(5-17)21-10(12)16-4-6(14)9(19)15-11(16)20/h4,7-8,10,17-18H,5H2,1H3,(H,15,19,20)/t7-,8?,10-,12-/m1/s1. The zero-order valence-corrected chi connectivity index (χ0v) is 11.6. The monoisotopic (exact) mass is 318 g/mol. The molecule has 0 amide bonds. The molecule has 1 aliphatic heterocycles. The average Bonchev–Trinajstić information content (AvgIpc) is 2.67. The van der Waals surface area contributed by atoms with Crippen LogP contribution in [0.5, 0.6) is 0 Å². The van der Waals surface area contributed by atoms with Crippen molar-refractivity contribution in [1.82, 2.24) is 9.55 Å². The summed E-state index contributed by atoms with van der Waals surface area (Å²) in [5, 5.41) is 19.2. The van der Waals surface area contributed by atoms with E-state index in [1.54, 1.807) is 4.98 Å². The zero-order valence-electron chi connectivity index (χ0n) is 10.8. The number of rotatable bonds is 2. The second kappa shape index (κ2) is 5.61. The molecule has 114 valence electrons. The number of alkyl halides is 1. The smallest absolute Gasteiger partial charge is 0.330 e. The number of nitrogens with zero attached hydrogens (tertiary/aromatic N) is 1. The molecule has 1 aromatic heterocycles. The number of H-pyrrole nitrogens is 1. The summed E-state index contributed by atoms with van der Waals surface area (Å²) >= 11 is 6.23. The lowest BCUT2D eigenvalue weighted by atomic mass is 9.99. The average molecular weight is 319 g/mol. The molecule has 1 fully saturated rings. The highest BCUT2D eigenvalue weighted by molar-refractivity contribution is 6.27. The Balaban J connectivity index is 2.60. The molecular formula is C12H12ClFN2O5. The van der Waals surface area contributed by atoms with Gasteiger partial charge in [0.2, 0.25) is 5.82 Å². The quantitative estimate of drug-likeness (QED) is 0.476. The lowest BCUT2D eigenvalue weighted by Gasteiger charge is -2.25. The van der Waals surface area contributed by atoms with Gasteiger partial charge in [0.25, 0.3) is 5.56 Å². The molecule has 1 aliphatic rings. The first-order valence-electron chi connectivity index (χ1n) is 5.93. The molecule has 4 atom stereocenters. The second-order valence-corrected chi connectivity index (χ2v) is 5.07. The van der Waals surface area contributed by atoms with Crippen molar-refractivity contribution in [3.63, 3.8) is 0 Å². The van der Waals surface area contributed by atoms with Crippen LogP contribution in [-0.4, -0.2) is 43.5 Å². The first-order valence-corrected chi connectivity index (χ1v) is 6.31. The molecule has 0 aliphatic carbocycles. The summed E-state index contributed by atoms with van der Waals surface area (Å²) in [5.41, 5.74) is -2.16. The predicted octanol–water partition coefficient (Wildman–Crippen LogP) is -1.07. The van der Waals surface area contributed by atoms with E-state index in [1.165, 1.54) is 6.92 Å². The van der Waals surface area contributed by atoms with Crippen molar-refractivity contribution in [3.8, 4) is 11.8 Å². The van der Waals surface area contributed by atoms with E-state index in [1.807, 2.05) is 0 Å². The minimum Gasteiger partial charge on any atom is -0.394 e. The molecule has 1 saturated heterocycles. The maximum absolute atomic E-state index is 13.4. The molecule has 2 heterocycles. The van der Waals surface area contributed by atoms with Crippen molar-refractivity contribution in [2.75, 3.05) is 6.61 Å². The third-order valence-electron chi connectivity index (χ3n) is 3.12. The number of hydrogen-bond donors (Lipinski definition) is 3. The van der Waals surface area contributed by atoms with Crippen molar-refractivity contribution >= 4 is 11.6 Å². The summed E-state index contributed by atoms with van der Waals surface area (Å²) in [6.45, 7) is 0.883.